The van der Waals surface area contributed by atoms with Gasteiger partial charge in [0.15, 0.2) is 0 Å². The molecular formula is C15H34N2. The summed E-state index contributed by atoms with van der Waals surface area (Å²) < 4.78 is 0. The average molecular weight is 242 g/mol. The maximum Gasteiger partial charge on any atom is 0.0104 e. The number of hydrogen-bond acceptors (Lipinski definition) is 2. The summed E-state index contributed by atoms with van der Waals surface area (Å²) >= 11 is 0. The van der Waals surface area contributed by atoms with E-state index in [9.17, 15) is 0 Å². The summed E-state index contributed by atoms with van der Waals surface area (Å²) in [5, 5.41) is 3.57. The average Bonchev–Trinajstić information content (AvgIpc) is 2.28. The van der Waals surface area contributed by atoms with E-state index in [-0.39, 0.29) is 0 Å². The van der Waals surface area contributed by atoms with E-state index in [2.05, 4.69) is 58.8 Å². The van der Waals surface area contributed by atoms with Crippen LogP contribution in [0.4, 0.5) is 0 Å². The molecule has 104 valence electrons. The molecule has 0 aliphatic carbocycles. The Bertz CT molecular complexity index is 176. The molecule has 0 rings (SSSR count). The van der Waals surface area contributed by atoms with Crippen LogP contribution in [0.15, 0.2) is 0 Å². The zero-order valence-corrected chi connectivity index (χ0v) is 13.1. The van der Waals surface area contributed by atoms with Crippen molar-refractivity contribution in [2.75, 3.05) is 20.1 Å². The molecule has 0 aromatic heterocycles. The molecule has 1 N–H and O–H groups in total. The zero-order chi connectivity index (χ0) is 13.4. The first-order valence-electron chi connectivity index (χ1n) is 7.36. The van der Waals surface area contributed by atoms with Gasteiger partial charge in [0.1, 0.15) is 0 Å². The van der Waals surface area contributed by atoms with Crippen LogP contribution in [0.1, 0.15) is 54.4 Å². The highest BCUT2D eigenvalue weighted by atomic mass is 15.2. The van der Waals surface area contributed by atoms with Crippen LogP contribution in [0.2, 0.25) is 0 Å². The van der Waals surface area contributed by atoms with Gasteiger partial charge < -0.3 is 10.2 Å². The normalized spacial score (nSPS) is 15.9. The standard InChI is InChI=1S/C15H34N2/c1-8-15(9-2)17(7)14(6)13(5)11-16-10-12(3)4/h12-16H,8-11H2,1-7H3. The van der Waals surface area contributed by atoms with Crippen LogP contribution in [0.5, 0.6) is 0 Å². The third-order valence-corrected chi connectivity index (χ3v) is 4.00. The van der Waals surface area contributed by atoms with Crippen molar-refractivity contribution >= 4 is 0 Å². The Hall–Kier alpha value is -0.0800. The Balaban J connectivity index is 4.05. The molecule has 0 radical (unpaired) electrons. The molecule has 0 aromatic rings. The minimum atomic E-state index is 0.652. The molecule has 0 bridgehead atoms. The third kappa shape index (κ3) is 6.42. The fraction of sp³-hybridized carbons (Fsp3) is 1.00. The van der Waals surface area contributed by atoms with Gasteiger partial charge in [0.2, 0.25) is 0 Å². The molecule has 0 aliphatic heterocycles. The first-order valence-corrected chi connectivity index (χ1v) is 7.36. The van der Waals surface area contributed by atoms with Crippen molar-refractivity contribution in [1.29, 1.82) is 0 Å². The summed E-state index contributed by atoms with van der Waals surface area (Å²) in [5.41, 5.74) is 0. The summed E-state index contributed by atoms with van der Waals surface area (Å²) in [7, 11) is 2.28. The molecule has 2 unspecified atom stereocenters. The van der Waals surface area contributed by atoms with Crippen molar-refractivity contribution in [3.05, 3.63) is 0 Å². The second-order valence-corrected chi connectivity index (χ2v) is 5.91. The molecule has 0 aromatic carbocycles. The van der Waals surface area contributed by atoms with Crippen molar-refractivity contribution in [2.24, 2.45) is 11.8 Å². The number of hydrogen-bond donors (Lipinski definition) is 1. The van der Waals surface area contributed by atoms with Gasteiger partial charge in [-0.05, 0) is 51.7 Å². The third-order valence-electron chi connectivity index (χ3n) is 4.00. The van der Waals surface area contributed by atoms with Crippen molar-refractivity contribution in [2.45, 2.75) is 66.5 Å². The Kier molecular flexibility index (Phi) is 8.89. The molecule has 0 spiro atoms. The number of rotatable bonds is 9. The van der Waals surface area contributed by atoms with Gasteiger partial charge in [0, 0.05) is 12.1 Å². The fourth-order valence-electron chi connectivity index (χ4n) is 2.37. The zero-order valence-electron chi connectivity index (χ0n) is 13.1. The predicted molar refractivity (Wildman–Crippen MR) is 78.5 cm³/mol. The van der Waals surface area contributed by atoms with Gasteiger partial charge in [0.25, 0.3) is 0 Å². The summed E-state index contributed by atoms with van der Waals surface area (Å²) in [5.74, 6) is 1.45. The van der Waals surface area contributed by atoms with Gasteiger partial charge in [-0.15, -0.1) is 0 Å². The lowest BCUT2D eigenvalue weighted by Crippen LogP contribution is -2.44. The van der Waals surface area contributed by atoms with Crippen LogP contribution in [0, 0.1) is 11.8 Å². The van der Waals surface area contributed by atoms with Gasteiger partial charge in [-0.1, -0.05) is 34.6 Å². The molecule has 0 saturated carbocycles. The van der Waals surface area contributed by atoms with Crippen LogP contribution < -0.4 is 5.32 Å². The topological polar surface area (TPSA) is 15.3 Å². The Morgan fingerprint density at radius 3 is 1.88 bits per heavy atom. The number of nitrogens with one attached hydrogen (secondary N) is 1. The number of nitrogens with zero attached hydrogens (tertiary/aromatic N) is 1. The van der Waals surface area contributed by atoms with Crippen molar-refractivity contribution < 1.29 is 0 Å². The molecule has 0 amide bonds. The lowest BCUT2D eigenvalue weighted by molar-refractivity contribution is 0.133. The van der Waals surface area contributed by atoms with Gasteiger partial charge in [0.05, 0.1) is 0 Å². The highest BCUT2D eigenvalue weighted by Crippen LogP contribution is 2.15. The lowest BCUT2D eigenvalue weighted by atomic mass is 9.99. The van der Waals surface area contributed by atoms with Crippen LogP contribution in [-0.2, 0) is 0 Å². The Morgan fingerprint density at radius 1 is 0.941 bits per heavy atom. The second kappa shape index (κ2) is 8.93. The van der Waals surface area contributed by atoms with Crippen molar-refractivity contribution in [3.63, 3.8) is 0 Å². The largest absolute Gasteiger partial charge is 0.316 e. The van der Waals surface area contributed by atoms with Crippen molar-refractivity contribution in [1.82, 2.24) is 10.2 Å². The SMILES string of the molecule is CCC(CC)N(C)C(C)C(C)CNCC(C)C. The van der Waals surface area contributed by atoms with E-state index in [1.807, 2.05) is 0 Å². The maximum absolute atomic E-state index is 3.57. The lowest BCUT2D eigenvalue weighted by Gasteiger charge is -2.35. The minimum absolute atomic E-state index is 0.652. The van der Waals surface area contributed by atoms with Gasteiger partial charge in [-0.2, -0.15) is 0 Å². The predicted octanol–water partition coefficient (Wildman–Crippen LogP) is 3.38. The summed E-state index contributed by atoms with van der Waals surface area (Å²) in [4.78, 5) is 2.56. The molecule has 0 saturated heterocycles. The van der Waals surface area contributed by atoms with E-state index in [1.54, 1.807) is 0 Å². The second-order valence-electron chi connectivity index (χ2n) is 5.91. The molecular weight excluding hydrogens is 208 g/mol. The maximum atomic E-state index is 3.57. The van der Waals surface area contributed by atoms with E-state index in [0.29, 0.717) is 12.0 Å². The van der Waals surface area contributed by atoms with Gasteiger partial charge >= 0.3 is 0 Å². The van der Waals surface area contributed by atoms with E-state index < -0.39 is 0 Å². The van der Waals surface area contributed by atoms with Crippen LogP contribution in [0.25, 0.3) is 0 Å². The molecule has 17 heavy (non-hydrogen) atoms. The van der Waals surface area contributed by atoms with E-state index in [0.717, 1.165) is 25.0 Å². The Morgan fingerprint density at radius 2 is 1.47 bits per heavy atom. The van der Waals surface area contributed by atoms with E-state index in [1.165, 1.54) is 12.8 Å². The highest BCUT2D eigenvalue weighted by Gasteiger charge is 2.21. The van der Waals surface area contributed by atoms with E-state index >= 15 is 0 Å². The first-order chi connectivity index (χ1) is 7.93. The quantitative estimate of drug-likeness (QED) is 0.667. The van der Waals surface area contributed by atoms with Crippen LogP contribution in [-0.4, -0.2) is 37.1 Å². The summed E-state index contributed by atoms with van der Waals surface area (Å²) in [6.07, 6.45) is 2.51. The van der Waals surface area contributed by atoms with Gasteiger partial charge in [-0.25, -0.2) is 0 Å². The van der Waals surface area contributed by atoms with Gasteiger partial charge in [-0.3, -0.25) is 0 Å². The summed E-state index contributed by atoms with van der Waals surface area (Å²) in [6, 6.07) is 1.39. The van der Waals surface area contributed by atoms with E-state index in [4.69, 9.17) is 0 Å². The molecule has 0 heterocycles. The molecule has 2 atom stereocenters. The summed E-state index contributed by atoms with van der Waals surface area (Å²) in [6.45, 7) is 16.1. The molecule has 2 heteroatoms. The molecule has 2 nitrogen and oxygen atoms in total. The minimum Gasteiger partial charge on any atom is -0.316 e. The smallest absolute Gasteiger partial charge is 0.0104 e. The van der Waals surface area contributed by atoms with Crippen LogP contribution in [0.3, 0.4) is 0 Å². The highest BCUT2D eigenvalue weighted by molar-refractivity contribution is 4.77. The molecule has 0 aliphatic rings. The molecule has 0 fully saturated rings. The Labute approximate surface area is 109 Å². The van der Waals surface area contributed by atoms with Crippen molar-refractivity contribution in [3.8, 4) is 0 Å². The monoisotopic (exact) mass is 242 g/mol. The first kappa shape index (κ1) is 16.9. The van der Waals surface area contributed by atoms with Crippen LogP contribution >= 0.6 is 0 Å². The fourth-order valence-corrected chi connectivity index (χ4v) is 2.37.